The molecule has 0 saturated heterocycles. The Morgan fingerprint density at radius 3 is 1.97 bits per heavy atom. The Balaban J connectivity index is 5.09. The number of hydrogen-bond acceptors (Lipinski definition) is 8. The summed E-state index contributed by atoms with van der Waals surface area (Å²) in [6.07, 6.45) is 1.38. The number of amides is 4. The second kappa shape index (κ2) is 15.4. The van der Waals surface area contributed by atoms with E-state index in [4.69, 9.17) is 17.2 Å². The van der Waals surface area contributed by atoms with Crippen molar-refractivity contribution in [3.8, 4) is 0 Å². The van der Waals surface area contributed by atoms with E-state index in [1.807, 2.05) is 0 Å². The highest BCUT2D eigenvalue weighted by molar-refractivity contribution is 7.80. The number of nitrogens with one attached hydrogen (secondary N) is 3. The van der Waals surface area contributed by atoms with Crippen molar-refractivity contribution in [3.05, 3.63) is 0 Å². The van der Waals surface area contributed by atoms with Gasteiger partial charge in [-0.05, 0) is 31.7 Å². The van der Waals surface area contributed by atoms with Gasteiger partial charge in [-0.25, -0.2) is 4.79 Å². The van der Waals surface area contributed by atoms with Crippen LogP contribution in [0, 0.1) is 5.92 Å². The zero-order valence-corrected chi connectivity index (χ0v) is 19.4. The minimum absolute atomic E-state index is 0.0457. The SMILES string of the molecule is CC(C)C(NC(=O)C(CS)NC(=O)C(N)CCCCN)C(=O)NC(CCC(N)=O)C(=O)O. The molecular formula is C19H36N6O6S. The molecule has 13 heteroatoms. The minimum Gasteiger partial charge on any atom is -0.480 e. The predicted molar refractivity (Wildman–Crippen MR) is 121 cm³/mol. The van der Waals surface area contributed by atoms with E-state index in [0.717, 1.165) is 6.42 Å². The number of carboxylic acid groups (broad SMARTS) is 1. The van der Waals surface area contributed by atoms with Crippen LogP contribution in [0.25, 0.3) is 0 Å². The van der Waals surface area contributed by atoms with E-state index >= 15 is 0 Å². The predicted octanol–water partition coefficient (Wildman–Crippen LogP) is -2.17. The van der Waals surface area contributed by atoms with Gasteiger partial charge in [-0.2, -0.15) is 12.6 Å². The lowest BCUT2D eigenvalue weighted by Crippen LogP contribution is -2.59. The third kappa shape index (κ3) is 11.3. The number of primary amides is 1. The van der Waals surface area contributed by atoms with E-state index in [0.29, 0.717) is 19.4 Å². The van der Waals surface area contributed by atoms with Crippen LogP contribution in [0.1, 0.15) is 46.0 Å². The quantitative estimate of drug-likeness (QED) is 0.0902. The molecule has 4 amide bonds. The Labute approximate surface area is 193 Å². The first kappa shape index (κ1) is 29.6. The smallest absolute Gasteiger partial charge is 0.326 e. The molecule has 12 nitrogen and oxygen atoms in total. The van der Waals surface area contributed by atoms with Crippen LogP contribution in [0.15, 0.2) is 0 Å². The lowest BCUT2D eigenvalue weighted by atomic mass is 10.0. The fourth-order valence-corrected chi connectivity index (χ4v) is 2.96. The van der Waals surface area contributed by atoms with Crippen molar-refractivity contribution in [2.45, 2.75) is 70.1 Å². The Morgan fingerprint density at radius 2 is 1.50 bits per heavy atom. The van der Waals surface area contributed by atoms with Gasteiger partial charge in [-0.1, -0.05) is 20.3 Å². The summed E-state index contributed by atoms with van der Waals surface area (Å²) in [7, 11) is 0. The van der Waals surface area contributed by atoms with Gasteiger partial charge < -0.3 is 38.3 Å². The van der Waals surface area contributed by atoms with Crippen molar-refractivity contribution in [3.63, 3.8) is 0 Å². The van der Waals surface area contributed by atoms with Crippen LogP contribution in [-0.2, 0) is 24.0 Å². The third-order valence-electron chi connectivity index (χ3n) is 4.66. The Hall–Kier alpha value is -2.38. The molecule has 0 heterocycles. The molecule has 184 valence electrons. The lowest BCUT2D eigenvalue weighted by Gasteiger charge is -2.26. The van der Waals surface area contributed by atoms with E-state index in [1.54, 1.807) is 13.8 Å². The van der Waals surface area contributed by atoms with Gasteiger partial charge in [0.25, 0.3) is 0 Å². The lowest BCUT2D eigenvalue weighted by molar-refractivity contribution is -0.143. The number of unbranched alkanes of at least 4 members (excludes halogenated alkanes) is 1. The van der Waals surface area contributed by atoms with Gasteiger partial charge in [-0.15, -0.1) is 0 Å². The molecule has 0 aliphatic heterocycles. The maximum atomic E-state index is 12.7. The van der Waals surface area contributed by atoms with E-state index in [-0.39, 0.29) is 18.6 Å². The number of aliphatic carboxylic acids is 1. The maximum Gasteiger partial charge on any atom is 0.326 e. The monoisotopic (exact) mass is 476 g/mol. The van der Waals surface area contributed by atoms with Gasteiger partial charge in [0.2, 0.25) is 23.6 Å². The second-order valence-electron chi connectivity index (χ2n) is 7.77. The summed E-state index contributed by atoms with van der Waals surface area (Å²) < 4.78 is 0. The molecule has 4 unspecified atom stereocenters. The molecule has 0 aromatic carbocycles. The summed E-state index contributed by atoms with van der Waals surface area (Å²) in [4.78, 5) is 59.8. The average molecular weight is 477 g/mol. The van der Waals surface area contributed by atoms with Crippen LogP contribution in [0.5, 0.6) is 0 Å². The Kier molecular flexibility index (Phi) is 14.3. The molecule has 0 aromatic rings. The van der Waals surface area contributed by atoms with E-state index in [2.05, 4.69) is 28.6 Å². The first-order valence-electron chi connectivity index (χ1n) is 10.4. The Bertz CT molecular complexity index is 662. The number of carbonyl (C=O) groups is 5. The second-order valence-corrected chi connectivity index (χ2v) is 8.13. The fourth-order valence-electron chi connectivity index (χ4n) is 2.71. The molecule has 0 aliphatic rings. The van der Waals surface area contributed by atoms with Gasteiger partial charge in [0.15, 0.2) is 0 Å². The summed E-state index contributed by atoms with van der Waals surface area (Å²) in [6, 6.07) is -4.30. The molecule has 0 aromatic heterocycles. The molecule has 0 bridgehead atoms. The molecule has 0 spiro atoms. The topological polar surface area (TPSA) is 220 Å². The summed E-state index contributed by atoms with van der Waals surface area (Å²) in [5.41, 5.74) is 16.3. The molecule has 4 atom stereocenters. The van der Waals surface area contributed by atoms with Crippen molar-refractivity contribution < 1.29 is 29.1 Å². The highest BCUT2D eigenvalue weighted by Gasteiger charge is 2.31. The first-order valence-corrected chi connectivity index (χ1v) is 11.1. The molecule has 0 aliphatic carbocycles. The maximum absolute atomic E-state index is 12.7. The molecule has 0 fully saturated rings. The van der Waals surface area contributed by atoms with Crippen molar-refractivity contribution in [2.75, 3.05) is 12.3 Å². The van der Waals surface area contributed by atoms with Crippen LogP contribution in [0.4, 0.5) is 0 Å². The highest BCUT2D eigenvalue weighted by atomic mass is 32.1. The van der Waals surface area contributed by atoms with E-state index < -0.39 is 59.7 Å². The Morgan fingerprint density at radius 1 is 0.906 bits per heavy atom. The number of carbonyl (C=O) groups excluding carboxylic acids is 4. The van der Waals surface area contributed by atoms with Gasteiger partial charge in [0, 0.05) is 12.2 Å². The highest BCUT2D eigenvalue weighted by Crippen LogP contribution is 2.06. The molecular weight excluding hydrogens is 440 g/mol. The van der Waals surface area contributed by atoms with Gasteiger partial charge >= 0.3 is 5.97 Å². The normalized spacial score (nSPS) is 14.7. The van der Waals surface area contributed by atoms with E-state index in [9.17, 15) is 29.1 Å². The van der Waals surface area contributed by atoms with Crippen molar-refractivity contribution in [2.24, 2.45) is 23.1 Å². The largest absolute Gasteiger partial charge is 0.480 e. The summed E-state index contributed by atoms with van der Waals surface area (Å²) in [6.45, 7) is 3.80. The van der Waals surface area contributed by atoms with Gasteiger partial charge in [0.1, 0.15) is 18.1 Å². The van der Waals surface area contributed by atoms with Crippen LogP contribution in [0.3, 0.4) is 0 Å². The third-order valence-corrected chi connectivity index (χ3v) is 5.03. The van der Waals surface area contributed by atoms with Gasteiger partial charge in [-0.3, -0.25) is 19.2 Å². The summed E-state index contributed by atoms with van der Waals surface area (Å²) in [5.74, 6) is -4.42. The summed E-state index contributed by atoms with van der Waals surface area (Å²) in [5, 5.41) is 16.6. The van der Waals surface area contributed by atoms with E-state index in [1.165, 1.54) is 0 Å². The van der Waals surface area contributed by atoms with Crippen LogP contribution >= 0.6 is 12.6 Å². The van der Waals surface area contributed by atoms with Crippen molar-refractivity contribution in [1.82, 2.24) is 16.0 Å². The molecule has 10 N–H and O–H groups in total. The zero-order valence-electron chi connectivity index (χ0n) is 18.5. The van der Waals surface area contributed by atoms with Crippen LogP contribution < -0.4 is 33.2 Å². The number of hydrogen-bond donors (Lipinski definition) is 8. The molecule has 0 radical (unpaired) electrons. The number of carboxylic acids is 1. The number of thiol groups is 1. The average Bonchev–Trinajstić information content (AvgIpc) is 2.71. The standard InChI is InChI=1S/C19H36N6O6S/c1-10(2)15(18(29)23-12(19(30)31)6-7-14(22)26)25-17(28)13(9-32)24-16(27)11(21)5-3-4-8-20/h10-13,15,32H,3-9,20-21H2,1-2H3,(H2,22,26)(H,23,29)(H,24,27)(H,25,28)(H,30,31). The van der Waals surface area contributed by atoms with Crippen LogP contribution in [-0.4, -0.2) is 71.2 Å². The van der Waals surface area contributed by atoms with Gasteiger partial charge in [0.05, 0.1) is 6.04 Å². The first-order chi connectivity index (χ1) is 14.9. The number of nitrogens with two attached hydrogens (primary N) is 3. The van der Waals surface area contributed by atoms with Crippen molar-refractivity contribution >= 4 is 42.2 Å². The molecule has 0 saturated carbocycles. The van der Waals surface area contributed by atoms with Crippen LogP contribution in [0.2, 0.25) is 0 Å². The fraction of sp³-hybridized carbons (Fsp3) is 0.737. The molecule has 32 heavy (non-hydrogen) atoms. The zero-order chi connectivity index (χ0) is 24.8. The summed E-state index contributed by atoms with van der Waals surface area (Å²) >= 11 is 4.08. The molecule has 0 rings (SSSR count). The van der Waals surface area contributed by atoms with Crippen molar-refractivity contribution in [1.29, 1.82) is 0 Å². The minimum atomic E-state index is -1.35. The number of rotatable bonds is 16.